The first-order valence-corrected chi connectivity index (χ1v) is 10.4. The van der Waals surface area contributed by atoms with Gasteiger partial charge >= 0.3 is 0 Å². The summed E-state index contributed by atoms with van der Waals surface area (Å²) in [5.41, 5.74) is 1.65. The molecule has 2 fully saturated rings. The van der Waals surface area contributed by atoms with E-state index >= 15 is 0 Å². The van der Waals surface area contributed by atoms with E-state index < -0.39 is 0 Å². The highest BCUT2D eigenvalue weighted by Gasteiger charge is 2.48. The van der Waals surface area contributed by atoms with E-state index in [9.17, 15) is 9.59 Å². The Balaban J connectivity index is 1.66. The largest absolute Gasteiger partial charge is 0.274 e. The number of thioether (sulfide) groups is 1. The number of carbonyl (C=O) groups is 2. The molecule has 1 aromatic carbocycles. The van der Waals surface area contributed by atoms with Gasteiger partial charge in [-0.25, -0.2) is 4.98 Å². The Morgan fingerprint density at radius 1 is 1.21 bits per heavy atom. The maximum atomic E-state index is 12.7. The van der Waals surface area contributed by atoms with E-state index in [0.29, 0.717) is 5.69 Å². The number of anilines is 1. The molecule has 0 N–H and O–H groups in total. The average molecular weight is 361 g/mol. The van der Waals surface area contributed by atoms with Crippen LogP contribution in [0.25, 0.3) is 10.2 Å². The Hall–Kier alpha value is -1.40. The van der Waals surface area contributed by atoms with Crippen LogP contribution in [0.1, 0.15) is 39.0 Å². The molecule has 4 rings (SSSR count). The van der Waals surface area contributed by atoms with Crippen LogP contribution in [0.3, 0.4) is 0 Å². The lowest BCUT2D eigenvalue weighted by Gasteiger charge is -2.19. The van der Waals surface area contributed by atoms with Crippen LogP contribution in [0.2, 0.25) is 0 Å². The van der Waals surface area contributed by atoms with E-state index in [1.807, 2.05) is 18.2 Å². The molecule has 126 valence electrons. The van der Waals surface area contributed by atoms with Gasteiger partial charge in [0.1, 0.15) is 0 Å². The first-order chi connectivity index (χ1) is 11.7. The van der Waals surface area contributed by atoms with Gasteiger partial charge in [0.25, 0.3) is 0 Å². The second kappa shape index (κ2) is 6.48. The Morgan fingerprint density at radius 3 is 2.58 bits per heavy atom. The second-order valence-corrected chi connectivity index (χ2v) is 8.86. The molecule has 1 saturated heterocycles. The fraction of sp³-hybridized carbons (Fsp3) is 0.500. The van der Waals surface area contributed by atoms with Crippen molar-refractivity contribution < 1.29 is 9.59 Å². The van der Waals surface area contributed by atoms with Gasteiger partial charge < -0.3 is 0 Å². The van der Waals surface area contributed by atoms with Crippen molar-refractivity contribution in [2.24, 2.45) is 11.8 Å². The molecule has 2 aromatic rings. The normalized spacial score (nSPS) is 24.0. The molecule has 4 nitrogen and oxygen atoms in total. The van der Waals surface area contributed by atoms with Gasteiger partial charge in [0.2, 0.25) is 11.8 Å². The minimum absolute atomic E-state index is 0.00542. The Morgan fingerprint density at radius 2 is 1.92 bits per heavy atom. The monoisotopic (exact) mass is 360 g/mol. The zero-order chi connectivity index (χ0) is 16.7. The van der Waals surface area contributed by atoms with Crippen molar-refractivity contribution in [3.05, 3.63) is 18.2 Å². The highest BCUT2D eigenvalue weighted by molar-refractivity contribution is 8.01. The lowest BCUT2D eigenvalue weighted by Crippen LogP contribution is -2.30. The maximum absolute atomic E-state index is 12.7. The summed E-state index contributed by atoms with van der Waals surface area (Å²) in [4.78, 5) is 31.5. The summed E-state index contributed by atoms with van der Waals surface area (Å²) in [6.07, 6.45) is 4.93. The SMILES string of the molecule is CCCSc1nc2ccc(N3C(=O)[C@H]4CCCC[C@@H]4C3=O)cc2s1. The van der Waals surface area contributed by atoms with Crippen LogP contribution < -0.4 is 4.90 Å². The van der Waals surface area contributed by atoms with Gasteiger partial charge in [-0.3, -0.25) is 14.5 Å². The molecule has 1 aliphatic carbocycles. The lowest BCUT2D eigenvalue weighted by molar-refractivity contribution is -0.122. The fourth-order valence-corrected chi connectivity index (χ4v) is 5.73. The van der Waals surface area contributed by atoms with Crippen LogP contribution in [-0.4, -0.2) is 22.6 Å². The van der Waals surface area contributed by atoms with Crippen LogP contribution in [0, 0.1) is 11.8 Å². The third kappa shape index (κ3) is 2.65. The zero-order valence-electron chi connectivity index (χ0n) is 13.7. The highest BCUT2D eigenvalue weighted by Crippen LogP contribution is 2.41. The number of fused-ring (bicyclic) bond motifs is 2. The van der Waals surface area contributed by atoms with Crippen LogP contribution in [-0.2, 0) is 9.59 Å². The standard InChI is InChI=1S/C18H20N2O2S2/c1-2-9-23-18-19-14-8-7-11(10-15(14)24-18)20-16(21)12-5-3-4-6-13(12)17(20)22/h7-8,10,12-13H,2-6,9H2,1H3/t12-,13-/m0/s1. The summed E-state index contributed by atoms with van der Waals surface area (Å²) in [6.45, 7) is 2.16. The quantitative estimate of drug-likeness (QED) is 0.596. The third-order valence-corrected chi connectivity index (χ3v) is 7.25. The zero-order valence-corrected chi connectivity index (χ0v) is 15.3. The van der Waals surface area contributed by atoms with Crippen LogP contribution in [0.15, 0.2) is 22.5 Å². The number of hydrogen-bond acceptors (Lipinski definition) is 5. The number of amides is 2. The van der Waals surface area contributed by atoms with Crippen LogP contribution in [0.5, 0.6) is 0 Å². The summed E-state index contributed by atoms with van der Waals surface area (Å²) in [5, 5.41) is 0. The van der Waals surface area contributed by atoms with Crippen LogP contribution >= 0.6 is 23.1 Å². The highest BCUT2D eigenvalue weighted by atomic mass is 32.2. The van der Waals surface area contributed by atoms with Gasteiger partial charge in [-0.2, -0.15) is 0 Å². The summed E-state index contributed by atoms with van der Waals surface area (Å²) >= 11 is 3.40. The summed E-state index contributed by atoms with van der Waals surface area (Å²) < 4.78 is 2.10. The first kappa shape index (κ1) is 16.1. The number of imide groups is 1. The number of nitrogens with zero attached hydrogens (tertiary/aromatic N) is 2. The van der Waals surface area contributed by atoms with E-state index in [0.717, 1.165) is 52.4 Å². The van der Waals surface area contributed by atoms with Gasteiger partial charge in [-0.1, -0.05) is 31.5 Å². The Bertz CT molecular complexity index is 777. The van der Waals surface area contributed by atoms with E-state index in [1.54, 1.807) is 23.1 Å². The first-order valence-electron chi connectivity index (χ1n) is 8.60. The van der Waals surface area contributed by atoms with Gasteiger partial charge in [-0.05, 0) is 37.5 Å². The molecule has 0 radical (unpaired) electrons. The minimum Gasteiger partial charge on any atom is -0.274 e. The van der Waals surface area contributed by atoms with Crippen molar-refractivity contribution >= 4 is 50.8 Å². The van der Waals surface area contributed by atoms with E-state index in [4.69, 9.17) is 0 Å². The number of rotatable bonds is 4. The summed E-state index contributed by atoms with van der Waals surface area (Å²) in [7, 11) is 0. The van der Waals surface area contributed by atoms with Gasteiger partial charge in [-0.15, -0.1) is 11.3 Å². The average Bonchev–Trinajstić information content (AvgIpc) is 3.12. The molecule has 2 atom stereocenters. The molecule has 6 heteroatoms. The molecule has 0 bridgehead atoms. The number of aromatic nitrogens is 1. The lowest BCUT2D eigenvalue weighted by atomic mass is 9.81. The van der Waals surface area contributed by atoms with Crippen LogP contribution in [0.4, 0.5) is 5.69 Å². The minimum atomic E-state index is -0.0981. The molecule has 1 aromatic heterocycles. The molecular formula is C18H20N2O2S2. The molecule has 2 amide bonds. The topological polar surface area (TPSA) is 50.3 Å². The predicted octanol–water partition coefficient (Wildman–Crippen LogP) is 4.48. The molecule has 1 aliphatic heterocycles. The predicted molar refractivity (Wildman–Crippen MR) is 98.6 cm³/mol. The number of carbonyl (C=O) groups excluding carboxylic acids is 2. The molecule has 0 spiro atoms. The summed E-state index contributed by atoms with van der Waals surface area (Å²) in [6, 6.07) is 5.75. The van der Waals surface area contributed by atoms with Gasteiger partial charge in [0, 0.05) is 5.75 Å². The maximum Gasteiger partial charge on any atom is 0.237 e. The molecule has 0 unspecified atom stereocenters. The Labute approximate surface area is 149 Å². The molecule has 1 saturated carbocycles. The van der Waals surface area contributed by atoms with Crippen molar-refractivity contribution in [2.75, 3.05) is 10.7 Å². The molecule has 24 heavy (non-hydrogen) atoms. The van der Waals surface area contributed by atoms with Crippen molar-refractivity contribution in [3.63, 3.8) is 0 Å². The summed E-state index contributed by atoms with van der Waals surface area (Å²) in [5.74, 6) is 0.848. The fourth-order valence-electron chi connectivity index (χ4n) is 3.70. The smallest absolute Gasteiger partial charge is 0.237 e. The van der Waals surface area contributed by atoms with E-state index in [1.165, 1.54) is 4.90 Å². The third-order valence-electron chi connectivity index (χ3n) is 4.88. The van der Waals surface area contributed by atoms with Crippen molar-refractivity contribution in [1.29, 1.82) is 0 Å². The number of hydrogen-bond donors (Lipinski definition) is 0. The number of benzene rings is 1. The van der Waals surface area contributed by atoms with Gasteiger partial charge in [0.05, 0.1) is 27.7 Å². The van der Waals surface area contributed by atoms with Crippen molar-refractivity contribution in [3.8, 4) is 0 Å². The number of thiazole rings is 1. The van der Waals surface area contributed by atoms with E-state index in [2.05, 4.69) is 11.9 Å². The molecular weight excluding hydrogens is 340 g/mol. The Kier molecular flexibility index (Phi) is 4.35. The van der Waals surface area contributed by atoms with E-state index in [-0.39, 0.29) is 23.7 Å². The van der Waals surface area contributed by atoms with Crippen molar-refractivity contribution in [2.45, 2.75) is 43.4 Å². The van der Waals surface area contributed by atoms with Crippen molar-refractivity contribution in [1.82, 2.24) is 4.98 Å². The molecule has 2 heterocycles. The van der Waals surface area contributed by atoms with Gasteiger partial charge in [0.15, 0.2) is 4.34 Å². The second-order valence-electron chi connectivity index (χ2n) is 6.49. The molecule has 2 aliphatic rings.